The summed E-state index contributed by atoms with van der Waals surface area (Å²) in [7, 11) is 0. The molecule has 4 aromatic rings. The lowest BCUT2D eigenvalue weighted by Crippen LogP contribution is -2.47. The zero-order valence-corrected chi connectivity index (χ0v) is 21.0. The molecule has 0 bridgehead atoms. The molecule has 0 radical (unpaired) electrons. The summed E-state index contributed by atoms with van der Waals surface area (Å²) in [5.74, 6) is 0.683. The number of H-pyrrole nitrogens is 1. The lowest BCUT2D eigenvalue weighted by molar-refractivity contribution is -0.137. The molecule has 0 spiro atoms. The van der Waals surface area contributed by atoms with Gasteiger partial charge in [-0.15, -0.1) is 10.2 Å². The summed E-state index contributed by atoms with van der Waals surface area (Å²) in [6, 6.07) is 20.5. The summed E-state index contributed by atoms with van der Waals surface area (Å²) in [4.78, 5) is 26.5. The number of fused-ring (bicyclic) bond motifs is 1. The molecule has 194 valence electrons. The van der Waals surface area contributed by atoms with Crippen LogP contribution in [0.3, 0.4) is 0 Å². The van der Waals surface area contributed by atoms with Crippen LogP contribution in [0, 0.1) is 5.92 Å². The molecule has 0 aliphatic heterocycles. The first-order valence-electron chi connectivity index (χ1n) is 13.1. The minimum absolute atomic E-state index is 0.0422. The normalized spacial score (nSPS) is 16.4. The second kappa shape index (κ2) is 9.89. The molecule has 2 fully saturated rings. The van der Waals surface area contributed by atoms with Crippen LogP contribution in [0.5, 0.6) is 0 Å². The maximum Gasteiger partial charge on any atom is 0.506 e. The number of rotatable bonds is 8. The quantitative estimate of drug-likeness (QED) is 0.302. The Kier molecular flexibility index (Phi) is 6.27. The lowest BCUT2D eigenvalue weighted by atomic mass is 9.96. The van der Waals surface area contributed by atoms with E-state index in [0.29, 0.717) is 31.8 Å². The van der Waals surface area contributed by atoms with Gasteiger partial charge < -0.3 is 14.7 Å². The fourth-order valence-corrected chi connectivity index (χ4v) is 5.63. The first-order valence-corrected chi connectivity index (χ1v) is 13.1. The van der Waals surface area contributed by atoms with Crippen molar-refractivity contribution in [3.63, 3.8) is 0 Å². The molecule has 6 rings (SSSR count). The lowest BCUT2D eigenvalue weighted by Gasteiger charge is -2.34. The van der Waals surface area contributed by atoms with Crippen molar-refractivity contribution in [1.82, 2.24) is 25.5 Å². The van der Waals surface area contributed by atoms with Crippen molar-refractivity contribution in [2.75, 3.05) is 6.54 Å². The summed E-state index contributed by atoms with van der Waals surface area (Å²) < 4.78 is 5.39. The van der Waals surface area contributed by atoms with E-state index in [-0.39, 0.29) is 11.8 Å². The highest BCUT2D eigenvalue weighted by atomic mass is 16.7. The van der Waals surface area contributed by atoms with Crippen LogP contribution in [0.1, 0.15) is 44.1 Å². The van der Waals surface area contributed by atoms with Gasteiger partial charge in [0.2, 0.25) is 11.7 Å². The van der Waals surface area contributed by atoms with E-state index in [0.717, 1.165) is 58.7 Å². The van der Waals surface area contributed by atoms with Crippen molar-refractivity contribution in [3.05, 3.63) is 66.2 Å². The van der Waals surface area contributed by atoms with Crippen LogP contribution < -0.4 is 0 Å². The van der Waals surface area contributed by atoms with Crippen LogP contribution in [0.15, 0.2) is 60.7 Å². The third kappa shape index (κ3) is 4.96. The third-order valence-corrected chi connectivity index (χ3v) is 7.64. The molecule has 0 atom stereocenters. The summed E-state index contributed by atoms with van der Waals surface area (Å²) >= 11 is 0. The van der Waals surface area contributed by atoms with E-state index in [2.05, 4.69) is 51.0 Å². The van der Waals surface area contributed by atoms with Crippen molar-refractivity contribution in [3.8, 4) is 22.5 Å². The standard InChI is InChI=1S/C29H29N5O4/c35-27(20-9-10-20)34(18-29(38-28(36)37)13-3-4-14-29)17-19-7-8-22-16-23(12-11-21(22)15-19)24-5-1-2-6-25(24)26-30-32-33-31-26/h1-2,5-8,11-12,15-16,20H,3-4,9-10,13-14,17-18H2,(H,36,37)(H,30,31,32,33). The molecule has 2 aliphatic carbocycles. The first kappa shape index (κ1) is 24.1. The SMILES string of the molecule is O=C(O)OC1(CN(Cc2ccc3cc(-c4ccccc4-c4nn[nH]n4)ccc3c2)C(=O)C2CC2)CCCC1. The number of carbonyl (C=O) groups is 2. The van der Waals surface area contributed by atoms with Gasteiger partial charge in [-0.3, -0.25) is 4.79 Å². The molecule has 1 amide bonds. The minimum atomic E-state index is -1.27. The molecule has 9 heteroatoms. The van der Waals surface area contributed by atoms with E-state index in [1.165, 1.54) is 0 Å². The molecular formula is C29H29N5O4. The summed E-state index contributed by atoms with van der Waals surface area (Å²) in [6.45, 7) is 0.733. The molecule has 9 nitrogen and oxygen atoms in total. The van der Waals surface area contributed by atoms with Crippen LogP contribution in [0.25, 0.3) is 33.3 Å². The second-order valence-corrected chi connectivity index (χ2v) is 10.4. The topological polar surface area (TPSA) is 121 Å². The third-order valence-electron chi connectivity index (χ3n) is 7.64. The van der Waals surface area contributed by atoms with E-state index in [4.69, 9.17) is 4.74 Å². The van der Waals surface area contributed by atoms with E-state index < -0.39 is 11.8 Å². The van der Waals surface area contributed by atoms with Gasteiger partial charge in [0, 0.05) is 18.0 Å². The highest BCUT2D eigenvalue weighted by molar-refractivity contribution is 5.91. The monoisotopic (exact) mass is 511 g/mol. The number of aromatic amines is 1. The largest absolute Gasteiger partial charge is 0.506 e. The molecule has 38 heavy (non-hydrogen) atoms. The van der Waals surface area contributed by atoms with Crippen LogP contribution >= 0.6 is 0 Å². The first-order chi connectivity index (χ1) is 18.5. The van der Waals surface area contributed by atoms with Crippen LogP contribution in [0.4, 0.5) is 4.79 Å². The predicted molar refractivity (Wildman–Crippen MR) is 141 cm³/mol. The van der Waals surface area contributed by atoms with Crippen molar-refractivity contribution < 1.29 is 19.4 Å². The van der Waals surface area contributed by atoms with E-state index in [1.54, 1.807) is 0 Å². The molecular weight excluding hydrogens is 482 g/mol. The number of benzene rings is 3. The van der Waals surface area contributed by atoms with Crippen LogP contribution in [0.2, 0.25) is 0 Å². The Hall–Kier alpha value is -4.27. The molecule has 0 saturated heterocycles. The number of hydrogen-bond donors (Lipinski definition) is 2. The average molecular weight is 512 g/mol. The van der Waals surface area contributed by atoms with Crippen LogP contribution in [-0.2, 0) is 16.1 Å². The molecule has 2 saturated carbocycles. The Morgan fingerprint density at radius 3 is 2.45 bits per heavy atom. The fourth-order valence-electron chi connectivity index (χ4n) is 5.63. The van der Waals surface area contributed by atoms with E-state index in [1.807, 2.05) is 35.2 Å². The number of carbonyl (C=O) groups excluding carboxylic acids is 1. The Labute approximate surface area is 219 Å². The number of aromatic nitrogens is 4. The summed E-state index contributed by atoms with van der Waals surface area (Å²) in [5.41, 5.74) is 3.16. The van der Waals surface area contributed by atoms with Gasteiger partial charge in [0.15, 0.2) is 0 Å². The van der Waals surface area contributed by atoms with Gasteiger partial charge in [0.25, 0.3) is 0 Å². The molecule has 0 unspecified atom stereocenters. The van der Waals surface area contributed by atoms with Gasteiger partial charge in [0.05, 0.1) is 6.54 Å². The summed E-state index contributed by atoms with van der Waals surface area (Å²) in [6.07, 6.45) is 3.65. The highest BCUT2D eigenvalue weighted by Gasteiger charge is 2.43. The van der Waals surface area contributed by atoms with Gasteiger partial charge in [-0.25, -0.2) is 4.79 Å². The molecule has 2 N–H and O–H groups in total. The Morgan fingerprint density at radius 1 is 1.00 bits per heavy atom. The maximum absolute atomic E-state index is 13.2. The van der Waals surface area contributed by atoms with Crippen LogP contribution in [-0.4, -0.2) is 54.8 Å². The number of amides is 1. The zero-order chi connectivity index (χ0) is 26.1. The average Bonchev–Trinajstić information content (AvgIpc) is 3.43. The number of carboxylic acid groups (broad SMARTS) is 1. The van der Waals surface area contributed by atoms with Gasteiger partial charge in [-0.1, -0.05) is 48.5 Å². The minimum Gasteiger partial charge on any atom is -0.450 e. The van der Waals surface area contributed by atoms with Gasteiger partial charge in [-0.2, -0.15) is 5.21 Å². The second-order valence-electron chi connectivity index (χ2n) is 10.4. The van der Waals surface area contributed by atoms with E-state index >= 15 is 0 Å². The Morgan fingerprint density at radius 2 is 1.74 bits per heavy atom. The number of ether oxygens (including phenoxy) is 1. The van der Waals surface area contributed by atoms with Crippen molar-refractivity contribution in [1.29, 1.82) is 0 Å². The van der Waals surface area contributed by atoms with Crippen molar-refractivity contribution in [2.45, 2.75) is 50.7 Å². The molecule has 3 aromatic carbocycles. The maximum atomic E-state index is 13.2. The van der Waals surface area contributed by atoms with Gasteiger partial charge in [-0.05, 0) is 83.3 Å². The number of nitrogens with zero attached hydrogens (tertiary/aromatic N) is 4. The highest BCUT2D eigenvalue weighted by Crippen LogP contribution is 2.38. The predicted octanol–water partition coefficient (Wildman–Crippen LogP) is 5.43. The van der Waals surface area contributed by atoms with Gasteiger partial charge in [0.1, 0.15) is 5.60 Å². The molecule has 2 aliphatic rings. The molecule has 1 heterocycles. The smallest absolute Gasteiger partial charge is 0.450 e. The Bertz CT molecular complexity index is 1480. The Balaban J connectivity index is 1.27. The fraction of sp³-hybridized carbons (Fsp3) is 0.345. The van der Waals surface area contributed by atoms with Crippen molar-refractivity contribution >= 4 is 22.8 Å². The van der Waals surface area contributed by atoms with E-state index in [9.17, 15) is 14.7 Å². The van der Waals surface area contributed by atoms with Gasteiger partial charge >= 0.3 is 6.16 Å². The molecule has 1 aromatic heterocycles. The number of hydrogen-bond acceptors (Lipinski definition) is 6. The number of tetrazole rings is 1. The summed E-state index contributed by atoms with van der Waals surface area (Å²) in [5, 5.41) is 26.0. The zero-order valence-electron chi connectivity index (χ0n) is 21.0. The van der Waals surface area contributed by atoms with Crippen molar-refractivity contribution in [2.24, 2.45) is 5.92 Å². The number of nitrogens with one attached hydrogen (secondary N) is 1.